The van der Waals surface area contributed by atoms with Gasteiger partial charge in [-0.05, 0) is 42.2 Å². The minimum absolute atomic E-state index is 0.00373. The number of benzene rings is 2. The van der Waals surface area contributed by atoms with Crippen LogP contribution in [0.2, 0.25) is 5.02 Å². The van der Waals surface area contributed by atoms with E-state index >= 15 is 0 Å². The number of hydrogen-bond acceptors (Lipinski definition) is 3. The van der Waals surface area contributed by atoms with Gasteiger partial charge in [-0.1, -0.05) is 18.5 Å². The Morgan fingerprint density at radius 2 is 1.96 bits per heavy atom. The van der Waals surface area contributed by atoms with E-state index < -0.39 is 17.3 Å². The smallest absolute Gasteiger partial charge is 0.306 e. The summed E-state index contributed by atoms with van der Waals surface area (Å²) in [4.78, 5) is 19.9. The minimum atomic E-state index is -4.50. The van der Waals surface area contributed by atoms with Crippen molar-refractivity contribution in [2.45, 2.75) is 18.0 Å². The first kappa shape index (κ1) is 17.8. The fourth-order valence-electron chi connectivity index (χ4n) is 2.41. The van der Waals surface area contributed by atoms with Gasteiger partial charge in [0.2, 0.25) is 0 Å². The zero-order valence-corrected chi connectivity index (χ0v) is 14.5. The summed E-state index contributed by atoms with van der Waals surface area (Å²) >= 11 is 7.51. The Balaban J connectivity index is 2.23. The van der Waals surface area contributed by atoms with E-state index in [1.165, 1.54) is 11.8 Å². The molecular formula is C17H12ClF3N2OS. The standard InChI is InChI=1S/C17H12ClF3N2OS/c1-2-25-14-8-10(18)4-6-12(14)15-22-13-7-9(17(19,20)21)3-5-11(13)16(24)23-15/h3-8H,2H2,1H3,(H,22,23,24). The number of halogens is 4. The van der Waals surface area contributed by atoms with Crippen LogP contribution in [-0.2, 0) is 6.18 Å². The largest absolute Gasteiger partial charge is 0.416 e. The van der Waals surface area contributed by atoms with Gasteiger partial charge in [-0.3, -0.25) is 4.79 Å². The first-order valence-corrected chi connectivity index (χ1v) is 8.70. The summed E-state index contributed by atoms with van der Waals surface area (Å²) in [5, 5.41) is 0.637. The molecule has 0 unspecified atom stereocenters. The zero-order valence-electron chi connectivity index (χ0n) is 12.9. The Bertz CT molecular complexity index is 1000. The molecule has 0 bridgehead atoms. The van der Waals surface area contributed by atoms with Crippen molar-refractivity contribution in [2.24, 2.45) is 0 Å². The molecule has 25 heavy (non-hydrogen) atoms. The van der Waals surface area contributed by atoms with Crippen LogP contribution in [0.4, 0.5) is 13.2 Å². The number of fused-ring (bicyclic) bond motifs is 1. The van der Waals surface area contributed by atoms with Crippen LogP contribution >= 0.6 is 23.4 Å². The van der Waals surface area contributed by atoms with E-state index in [1.807, 2.05) is 6.92 Å². The molecule has 130 valence electrons. The first-order chi connectivity index (χ1) is 11.8. The van der Waals surface area contributed by atoms with Gasteiger partial charge in [0, 0.05) is 15.5 Å². The molecular weight excluding hydrogens is 373 g/mol. The summed E-state index contributed by atoms with van der Waals surface area (Å²) in [6, 6.07) is 7.97. The maximum Gasteiger partial charge on any atom is 0.416 e. The highest BCUT2D eigenvalue weighted by molar-refractivity contribution is 7.99. The van der Waals surface area contributed by atoms with Gasteiger partial charge < -0.3 is 4.98 Å². The number of thioether (sulfide) groups is 1. The highest BCUT2D eigenvalue weighted by Gasteiger charge is 2.30. The highest BCUT2D eigenvalue weighted by atomic mass is 35.5. The molecule has 8 heteroatoms. The molecule has 1 N–H and O–H groups in total. The van der Waals surface area contributed by atoms with Crippen LogP contribution in [0.5, 0.6) is 0 Å². The van der Waals surface area contributed by atoms with Crippen molar-refractivity contribution in [3.63, 3.8) is 0 Å². The molecule has 0 fully saturated rings. The van der Waals surface area contributed by atoms with Gasteiger partial charge in [-0.25, -0.2) is 4.98 Å². The van der Waals surface area contributed by atoms with Gasteiger partial charge in [0.15, 0.2) is 0 Å². The number of rotatable bonds is 3. The van der Waals surface area contributed by atoms with Crippen molar-refractivity contribution < 1.29 is 13.2 Å². The average Bonchev–Trinajstić information content (AvgIpc) is 2.54. The second-order valence-corrected chi connectivity index (χ2v) is 6.96. The first-order valence-electron chi connectivity index (χ1n) is 7.33. The number of aromatic nitrogens is 2. The van der Waals surface area contributed by atoms with Crippen LogP contribution in [0.25, 0.3) is 22.3 Å². The van der Waals surface area contributed by atoms with Crippen LogP contribution in [0.15, 0.2) is 46.1 Å². The van der Waals surface area contributed by atoms with E-state index in [2.05, 4.69) is 9.97 Å². The zero-order chi connectivity index (χ0) is 18.2. The molecule has 0 aliphatic rings. The molecule has 1 heterocycles. The maximum atomic E-state index is 12.9. The van der Waals surface area contributed by atoms with E-state index in [0.29, 0.717) is 10.6 Å². The second kappa shape index (κ2) is 6.72. The Morgan fingerprint density at radius 3 is 2.64 bits per heavy atom. The molecule has 1 aromatic heterocycles. The average molecular weight is 385 g/mol. The lowest BCUT2D eigenvalue weighted by Gasteiger charge is -2.10. The topological polar surface area (TPSA) is 45.8 Å². The molecule has 0 spiro atoms. The normalized spacial score (nSPS) is 11.9. The van der Waals surface area contributed by atoms with E-state index in [-0.39, 0.29) is 16.7 Å². The summed E-state index contributed by atoms with van der Waals surface area (Å²) in [5.41, 5.74) is -0.719. The van der Waals surface area contributed by atoms with E-state index in [4.69, 9.17) is 11.6 Å². The quantitative estimate of drug-likeness (QED) is 0.617. The Kier molecular flexibility index (Phi) is 4.79. The molecule has 3 aromatic rings. The van der Waals surface area contributed by atoms with Gasteiger partial charge in [0.25, 0.3) is 5.56 Å². The number of aromatic amines is 1. The predicted octanol–water partition coefficient (Wildman–Crippen LogP) is 5.37. The van der Waals surface area contributed by atoms with Crippen LogP contribution in [0.1, 0.15) is 12.5 Å². The maximum absolute atomic E-state index is 12.9. The van der Waals surface area contributed by atoms with Crippen molar-refractivity contribution in [3.05, 3.63) is 57.3 Å². The van der Waals surface area contributed by atoms with Gasteiger partial charge in [-0.15, -0.1) is 11.8 Å². The Labute approximate surface area is 150 Å². The number of nitrogens with one attached hydrogen (secondary N) is 1. The summed E-state index contributed by atoms with van der Waals surface area (Å²) in [6.07, 6.45) is -4.50. The van der Waals surface area contributed by atoms with Crippen LogP contribution in [0, 0.1) is 0 Å². The Morgan fingerprint density at radius 1 is 1.20 bits per heavy atom. The van der Waals surface area contributed by atoms with Crippen molar-refractivity contribution in [1.29, 1.82) is 0 Å². The van der Waals surface area contributed by atoms with E-state index in [0.717, 1.165) is 28.8 Å². The lowest BCUT2D eigenvalue weighted by molar-refractivity contribution is -0.137. The summed E-state index contributed by atoms with van der Waals surface area (Å²) < 4.78 is 38.8. The third-order valence-corrected chi connectivity index (χ3v) is 4.71. The molecule has 2 aromatic carbocycles. The number of H-pyrrole nitrogens is 1. The van der Waals surface area contributed by atoms with Crippen LogP contribution in [0.3, 0.4) is 0 Å². The van der Waals surface area contributed by atoms with Gasteiger partial charge in [-0.2, -0.15) is 13.2 Å². The molecule has 0 radical (unpaired) electrons. The molecule has 0 atom stereocenters. The molecule has 3 nitrogen and oxygen atoms in total. The third-order valence-electron chi connectivity index (χ3n) is 3.53. The van der Waals surface area contributed by atoms with E-state index in [1.54, 1.807) is 18.2 Å². The molecule has 3 rings (SSSR count). The SMILES string of the molecule is CCSc1cc(Cl)ccc1-c1nc2cc(C(F)(F)F)ccc2c(=O)[nH]1. The number of nitrogens with zero attached hydrogens (tertiary/aromatic N) is 1. The van der Waals surface area contributed by atoms with Crippen molar-refractivity contribution in [1.82, 2.24) is 9.97 Å². The minimum Gasteiger partial charge on any atom is -0.306 e. The van der Waals surface area contributed by atoms with Crippen molar-refractivity contribution in [2.75, 3.05) is 5.75 Å². The molecule has 0 saturated carbocycles. The molecule has 0 aliphatic carbocycles. The molecule has 0 saturated heterocycles. The van der Waals surface area contributed by atoms with Crippen molar-refractivity contribution >= 4 is 34.3 Å². The number of alkyl halides is 3. The van der Waals surface area contributed by atoms with Gasteiger partial charge >= 0.3 is 6.18 Å². The number of hydrogen-bond donors (Lipinski definition) is 1. The lowest BCUT2D eigenvalue weighted by atomic mass is 10.1. The second-order valence-electron chi connectivity index (χ2n) is 5.22. The summed E-state index contributed by atoms with van der Waals surface area (Å²) in [7, 11) is 0. The Hall–Kier alpha value is -1.99. The van der Waals surface area contributed by atoms with Gasteiger partial charge in [0.1, 0.15) is 5.82 Å². The monoisotopic (exact) mass is 384 g/mol. The molecule has 0 aliphatic heterocycles. The fraction of sp³-hybridized carbons (Fsp3) is 0.176. The van der Waals surface area contributed by atoms with Crippen molar-refractivity contribution in [3.8, 4) is 11.4 Å². The summed E-state index contributed by atoms with van der Waals surface area (Å²) in [5.74, 6) is 0.980. The molecule has 0 amide bonds. The predicted molar refractivity (Wildman–Crippen MR) is 94.2 cm³/mol. The fourth-order valence-corrected chi connectivity index (χ4v) is 3.49. The highest BCUT2D eigenvalue weighted by Crippen LogP contribution is 2.33. The lowest BCUT2D eigenvalue weighted by Crippen LogP contribution is -2.12. The van der Waals surface area contributed by atoms with Crippen LogP contribution in [-0.4, -0.2) is 15.7 Å². The summed E-state index contributed by atoms with van der Waals surface area (Å²) in [6.45, 7) is 1.96. The van der Waals surface area contributed by atoms with E-state index in [9.17, 15) is 18.0 Å². The van der Waals surface area contributed by atoms with Crippen LogP contribution < -0.4 is 5.56 Å². The third kappa shape index (κ3) is 3.67. The van der Waals surface area contributed by atoms with Gasteiger partial charge in [0.05, 0.1) is 16.5 Å².